The van der Waals surface area contributed by atoms with Gasteiger partial charge in [-0.15, -0.1) is 11.3 Å². The zero-order valence-electron chi connectivity index (χ0n) is 14.7. The summed E-state index contributed by atoms with van der Waals surface area (Å²) < 4.78 is 5.34. The number of likely N-dealkylation sites (tertiary alicyclic amines) is 1. The van der Waals surface area contributed by atoms with Gasteiger partial charge in [0.25, 0.3) is 0 Å². The zero-order chi connectivity index (χ0) is 16.9. The van der Waals surface area contributed by atoms with Crippen LogP contribution in [0.2, 0.25) is 0 Å². The number of carbonyl (C=O) groups excluding carboxylic acids is 1. The molecule has 1 atom stereocenters. The Balaban J connectivity index is 1.41. The van der Waals surface area contributed by atoms with Crippen molar-refractivity contribution in [3.05, 3.63) is 16.1 Å². The summed E-state index contributed by atoms with van der Waals surface area (Å²) in [6.45, 7) is 9.66. The molecule has 1 aromatic heterocycles. The molecule has 1 aromatic rings. The summed E-state index contributed by atoms with van der Waals surface area (Å²) in [7, 11) is 2.16. The van der Waals surface area contributed by atoms with Crippen LogP contribution in [0.25, 0.3) is 0 Å². The second-order valence-electron chi connectivity index (χ2n) is 6.94. The van der Waals surface area contributed by atoms with Crippen molar-refractivity contribution in [1.29, 1.82) is 0 Å². The number of hydrogen-bond donors (Lipinski definition) is 0. The van der Waals surface area contributed by atoms with Gasteiger partial charge in [-0.3, -0.25) is 9.69 Å². The Hall–Kier alpha value is -1.02. The molecule has 0 bridgehead atoms. The molecule has 1 amide bonds. The molecular weight excluding hydrogens is 324 g/mol. The molecule has 6 nitrogen and oxygen atoms in total. The molecule has 7 heteroatoms. The Morgan fingerprint density at radius 1 is 1.42 bits per heavy atom. The minimum atomic E-state index is 0.278. The van der Waals surface area contributed by atoms with Crippen molar-refractivity contribution in [3.63, 3.8) is 0 Å². The topological polar surface area (TPSA) is 48.9 Å². The molecule has 2 aliphatic heterocycles. The lowest BCUT2D eigenvalue weighted by Gasteiger charge is -2.28. The van der Waals surface area contributed by atoms with E-state index >= 15 is 0 Å². The summed E-state index contributed by atoms with van der Waals surface area (Å²) in [6.07, 6.45) is 1.11. The van der Waals surface area contributed by atoms with Crippen LogP contribution in [0.15, 0.2) is 5.51 Å². The monoisotopic (exact) mass is 352 g/mol. The summed E-state index contributed by atoms with van der Waals surface area (Å²) in [5.41, 5.74) is 3.06. The summed E-state index contributed by atoms with van der Waals surface area (Å²) >= 11 is 1.73. The number of thiazole rings is 1. The third kappa shape index (κ3) is 4.75. The normalized spacial score (nSPS) is 22.5. The number of nitrogens with zero attached hydrogens (tertiary/aromatic N) is 4. The van der Waals surface area contributed by atoms with Gasteiger partial charge in [0, 0.05) is 44.1 Å². The second kappa shape index (κ2) is 8.38. The maximum atomic E-state index is 12.5. The predicted octanol–water partition coefficient (Wildman–Crippen LogP) is 1.06. The first kappa shape index (κ1) is 17.8. The van der Waals surface area contributed by atoms with Crippen molar-refractivity contribution >= 4 is 17.2 Å². The maximum Gasteiger partial charge on any atom is 0.236 e. The van der Waals surface area contributed by atoms with E-state index in [9.17, 15) is 4.79 Å². The average molecular weight is 353 g/mol. The van der Waals surface area contributed by atoms with Gasteiger partial charge in [-0.05, 0) is 26.3 Å². The van der Waals surface area contributed by atoms with Crippen molar-refractivity contribution < 1.29 is 9.53 Å². The van der Waals surface area contributed by atoms with E-state index < -0.39 is 0 Å². The van der Waals surface area contributed by atoms with E-state index in [1.807, 2.05) is 10.4 Å². The molecule has 2 fully saturated rings. The number of hydrogen-bond acceptors (Lipinski definition) is 6. The molecule has 3 heterocycles. The van der Waals surface area contributed by atoms with Crippen LogP contribution in [-0.4, -0.2) is 85.1 Å². The lowest BCUT2D eigenvalue weighted by atomic mass is 10.1. The molecule has 0 saturated carbocycles. The highest BCUT2D eigenvalue weighted by atomic mass is 32.1. The van der Waals surface area contributed by atoms with Gasteiger partial charge in [-0.1, -0.05) is 0 Å². The Labute approximate surface area is 148 Å². The van der Waals surface area contributed by atoms with E-state index in [1.54, 1.807) is 11.3 Å². The van der Waals surface area contributed by atoms with Crippen LogP contribution in [0.5, 0.6) is 0 Å². The highest BCUT2D eigenvalue weighted by Crippen LogP contribution is 2.20. The van der Waals surface area contributed by atoms with E-state index in [2.05, 4.69) is 28.8 Å². The highest BCUT2D eigenvalue weighted by Gasteiger charge is 2.28. The number of aromatic nitrogens is 1. The van der Waals surface area contributed by atoms with Crippen LogP contribution in [0.4, 0.5) is 0 Å². The molecule has 134 valence electrons. The second-order valence-corrected chi connectivity index (χ2v) is 7.88. The first-order valence-corrected chi connectivity index (χ1v) is 9.65. The van der Waals surface area contributed by atoms with Crippen LogP contribution in [0, 0.1) is 12.8 Å². The van der Waals surface area contributed by atoms with Gasteiger partial charge in [0.1, 0.15) is 0 Å². The minimum absolute atomic E-state index is 0.278. The Kier molecular flexibility index (Phi) is 6.21. The van der Waals surface area contributed by atoms with Gasteiger partial charge in [0.2, 0.25) is 5.91 Å². The summed E-state index contributed by atoms with van der Waals surface area (Å²) in [5.74, 6) is 0.859. The van der Waals surface area contributed by atoms with E-state index in [0.29, 0.717) is 12.5 Å². The van der Waals surface area contributed by atoms with Crippen molar-refractivity contribution in [1.82, 2.24) is 19.7 Å². The molecule has 0 aromatic carbocycles. The molecule has 0 spiro atoms. The van der Waals surface area contributed by atoms with Gasteiger partial charge >= 0.3 is 0 Å². The standard InChI is InChI=1S/C17H28N4O2S/c1-14-16(24-13-18-14)11-19(2)9-15-3-4-21(10-15)17(22)12-20-5-7-23-8-6-20/h13,15H,3-12H2,1-2H3/t15-/m0/s1. The number of amides is 1. The smallest absolute Gasteiger partial charge is 0.236 e. The molecule has 3 rings (SSSR count). The predicted molar refractivity (Wildman–Crippen MR) is 95.1 cm³/mol. The van der Waals surface area contributed by atoms with Crippen molar-refractivity contribution in [3.8, 4) is 0 Å². The quantitative estimate of drug-likeness (QED) is 0.766. The Morgan fingerprint density at radius 3 is 2.92 bits per heavy atom. The van der Waals surface area contributed by atoms with E-state index in [4.69, 9.17) is 4.74 Å². The number of rotatable bonds is 6. The number of ether oxygens (including phenoxy) is 1. The van der Waals surface area contributed by atoms with Crippen LogP contribution in [0.3, 0.4) is 0 Å². The maximum absolute atomic E-state index is 12.5. The van der Waals surface area contributed by atoms with Crippen LogP contribution >= 0.6 is 11.3 Å². The lowest BCUT2D eigenvalue weighted by molar-refractivity contribution is -0.132. The molecule has 0 unspecified atom stereocenters. The third-order valence-electron chi connectivity index (χ3n) is 4.93. The molecule has 24 heavy (non-hydrogen) atoms. The first-order chi connectivity index (χ1) is 11.6. The Morgan fingerprint density at radius 2 is 2.21 bits per heavy atom. The van der Waals surface area contributed by atoms with Crippen LogP contribution in [0.1, 0.15) is 17.0 Å². The van der Waals surface area contributed by atoms with E-state index in [-0.39, 0.29) is 5.91 Å². The van der Waals surface area contributed by atoms with Crippen molar-refractivity contribution in [2.75, 3.05) is 59.5 Å². The van der Waals surface area contributed by atoms with E-state index in [1.165, 1.54) is 4.88 Å². The molecular formula is C17H28N4O2S. The molecule has 0 N–H and O–H groups in total. The fourth-order valence-corrected chi connectivity index (χ4v) is 4.34. The number of carbonyl (C=O) groups is 1. The fraction of sp³-hybridized carbons (Fsp3) is 0.765. The molecule has 2 saturated heterocycles. The largest absolute Gasteiger partial charge is 0.379 e. The van der Waals surface area contributed by atoms with E-state index in [0.717, 1.165) is 64.6 Å². The number of morpholine rings is 1. The van der Waals surface area contributed by atoms with Gasteiger partial charge in [0.05, 0.1) is 31.0 Å². The lowest BCUT2D eigenvalue weighted by Crippen LogP contribution is -2.44. The summed E-state index contributed by atoms with van der Waals surface area (Å²) in [6, 6.07) is 0. The van der Waals surface area contributed by atoms with Crippen LogP contribution in [-0.2, 0) is 16.1 Å². The summed E-state index contributed by atoms with van der Waals surface area (Å²) in [4.78, 5) is 24.7. The highest BCUT2D eigenvalue weighted by molar-refractivity contribution is 7.09. The fourth-order valence-electron chi connectivity index (χ4n) is 3.49. The Bertz CT molecular complexity index is 544. The van der Waals surface area contributed by atoms with Gasteiger partial charge in [-0.25, -0.2) is 4.98 Å². The SMILES string of the molecule is Cc1ncsc1CN(C)C[C@@H]1CCN(C(=O)CN2CCOCC2)C1. The average Bonchev–Trinajstić information content (AvgIpc) is 3.18. The first-order valence-electron chi connectivity index (χ1n) is 8.77. The van der Waals surface area contributed by atoms with Crippen molar-refractivity contribution in [2.24, 2.45) is 5.92 Å². The van der Waals surface area contributed by atoms with Gasteiger partial charge in [0.15, 0.2) is 0 Å². The van der Waals surface area contributed by atoms with Gasteiger partial charge < -0.3 is 14.5 Å². The number of aryl methyl sites for hydroxylation is 1. The molecule has 2 aliphatic rings. The third-order valence-corrected chi connectivity index (χ3v) is 5.85. The minimum Gasteiger partial charge on any atom is -0.379 e. The molecule has 0 aliphatic carbocycles. The van der Waals surface area contributed by atoms with Crippen molar-refractivity contribution in [2.45, 2.75) is 19.9 Å². The van der Waals surface area contributed by atoms with Gasteiger partial charge in [-0.2, -0.15) is 0 Å². The van der Waals surface area contributed by atoms with Crippen LogP contribution < -0.4 is 0 Å². The molecule has 0 radical (unpaired) electrons. The zero-order valence-corrected chi connectivity index (χ0v) is 15.6. The summed E-state index contributed by atoms with van der Waals surface area (Å²) in [5, 5.41) is 0.